The molecular weight excluding hydrogens is 148 g/mol. The van der Waals surface area contributed by atoms with Gasteiger partial charge in [0.15, 0.2) is 0 Å². The van der Waals surface area contributed by atoms with Gasteiger partial charge in [-0.3, -0.25) is 4.90 Å². The van der Waals surface area contributed by atoms with E-state index in [1.807, 2.05) is 0 Å². The minimum atomic E-state index is 0.667. The fourth-order valence-corrected chi connectivity index (χ4v) is 1.82. The van der Waals surface area contributed by atoms with Gasteiger partial charge in [-0.2, -0.15) is 0 Å². The van der Waals surface area contributed by atoms with E-state index < -0.39 is 0 Å². The van der Waals surface area contributed by atoms with E-state index in [4.69, 9.17) is 0 Å². The second-order valence-corrected chi connectivity index (χ2v) is 4.51. The summed E-state index contributed by atoms with van der Waals surface area (Å²) >= 11 is 0. The van der Waals surface area contributed by atoms with Crippen molar-refractivity contribution in [3.63, 3.8) is 0 Å². The smallest absolute Gasteiger partial charge is 0.0193 e. The average Bonchev–Trinajstić information content (AvgIpc) is 1.96. The lowest BCUT2D eigenvalue weighted by molar-refractivity contribution is 0.131. The Morgan fingerprint density at radius 3 is 2.67 bits per heavy atom. The summed E-state index contributed by atoms with van der Waals surface area (Å²) in [6, 6.07) is 1.38. The summed E-state index contributed by atoms with van der Waals surface area (Å²) in [6.07, 6.45) is 0. The van der Waals surface area contributed by atoms with Crippen LogP contribution >= 0.6 is 0 Å². The predicted molar refractivity (Wildman–Crippen MR) is 53.3 cm³/mol. The van der Waals surface area contributed by atoms with Crippen LogP contribution in [0.15, 0.2) is 0 Å². The molecule has 0 unspecified atom stereocenters. The fraction of sp³-hybridized carbons (Fsp3) is 1.00. The lowest BCUT2D eigenvalue weighted by atomic mass is 10.1. The minimum Gasteiger partial charge on any atom is -0.311 e. The molecule has 1 aliphatic heterocycles. The fourth-order valence-electron chi connectivity index (χ4n) is 1.82. The molecule has 72 valence electrons. The molecule has 0 spiro atoms. The van der Waals surface area contributed by atoms with Gasteiger partial charge >= 0.3 is 0 Å². The maximum atomic E-state index is 3.49. The summed E-state index contributed by atoms with van der Waals surface area (Å²) in [7, 11) is 0. The van der Waals surface area contributed by atoms with E-state index in [9.17, 15) is 0 Å². The zero-order chi connectivity index (χ0) is 9.14. The molecule has 2 nitrogen and oxygen atoms in total. The van der Waals surface area contributed by atoms with Crippen LogP contribution in [-0.4, -0.2) is 36.6 Å². The molecule has 0 aromatic carbocycles. The first-order chi connectivity index (χ1) is 5.59. The minimum absolute atomic E-state index is 0.667. The van der Waals surface area contributed by atoms with E-state index in [1.165, 1.54) is 13.1 Å². The van der Waals surface area contributed by atoms with Crippen molar-refractivity contribution in [2.45, 2.75) is 39.8 Å². The highest BCUT2D eigenvalue weighted by atomic mass is 15.2. The van der Waals surface area contributed by atoms with Crippen LogP contribution in [0.1, 0.15) is 27.7 Å². The molecule has 1 rings (SSSR count). The zero-order valence-electron chi connectivity index (χ0n) is 8.80. The Labute approximate surface area is 76.3 Å². The van der Waals surface area contributed by atoms with Gasteiger partial charge in [0.2, 0.25) is 0 Å². The van der Waals surface area contributed by atoms with Crippen molar-refractivity contribution in [1.82, 2.24) is 10.2 Å². The molecular formula is C10H22N2. The predicted octanol–water partition coefficient (Wildman–Crippen LogP) is 1.32. The molecule has 1 fully saturated rings. The van der Waals surface area contributed by atoms with Gasteiger partial charge in [-0.25, -0.2) is 0 Å². The molecule has 2 heteroatoms. The third-order valence-electron chi connectivity index (χ3n) is 2.49. The van der Waals surface area contributed by atoms with Gasteiger partial charge in [0, 0.05) is 31.7 Å². The standard InChI is InChI=1S/C10H22N2/c1-8(2)6-12-7-9(3)11-5-10(12)4/h8-11H,5-7H2,1-4H3/t9-,10+/m1/s1. The van der Waals surface area contributed by atoms with Crippen LogP contribution in [0.2, 0.25) is 0 Å². The van der Waals surface area contributed by atoms with E-state index in [2.05, 4.69) is 37.9 Å². The number of piperazine rings is 1. The van der Waals surface area contributed by atoms with Crippen molar-refractivity contribution in [3.05, 3.63) is 0 Å². The van der Waals surface area contributed by atoms with Crippen molar-refractivity contribution in [2.75, 3.05) is 19.6 Å². The van der Waals surface area contributed by atoms with Crippen LogP contribution in [0.4, 0.5) is 0 Å². The molecule has 0 aliphatic carbocycles. The lowest BCUT2D eigenvalue weighted by Gasteiger charge is -2.38. The molecule has 1 N–H and O–H groups in total. The SMILES string of the molecule is CC(C)CN1C[C@@H](C)NC[C@@H]1C. The van der Waals surface area contributed by atoms with E-state index in [0.717, 1.165) is 12.5 Å². The van der Waals surface area contributed by atoms with Gasteiger partial charge in [-0.05, 0) is 19.8 Å². The number of nitrogens with one attached hydrogen (secondary N) is 1. The van der Waals surface area contributed by atoms with E-state index in [0.29, 0.717) is 12.1 Å². The second kappa shape index (κ2) is 4.24. The van der Waals surface area contributed by atoms with E-state index >= 15 is 0 Å². The van der Waals surface area contributed by atoms with Crippen molar-refractivity contribution in [1.29, 1.82) is 0 Å². The zero-order valence-corrected chi connectivity index (χ0v) is 8.80. The molecule has 1 heterocycles. The summed E-state index contributed by atoms with van der Waals surface area (Å²) in [5.41, 5.74) is 0. The summed E-state index contributed by atoms with van der Waals surface area (Å²) in [4.78, 5) is 2.59. The van der Waals surface area contributed by atoms with Crippen molar-refractivity contribution in [2.24, 2.45) is 5.92 Å². The quantitative estimate of drug-likeness (QED) is 0.672. The summed E-state index contributed by atoms with van der Waals surface area (Å²) < 4.78 is 0. The lowest BCUT2D eigenvalue weighted by Crippen LogP contribution is -2.55. The van der Waals surface area contributed by atoms with Gasteiger partial charge in [0.05, 0.1) is 0 Å². The maximum absolute atomic E-state index is 3.49. The van der Waals surface area contributed by atoms with Gasteiger partial charge in [-0.15, -0.1) is 0 Å². The van der Waals surface area contributed by atoms with Crippen molar-refractivity contribution < 1.29 is 0 Å². The average molecular weight is 170 g/mol. The molecule has 12 heavy (non-hydrogen) atoms. The third-order valence-corrected chi connectivity index (χ3v) is 2.49. The van der Waals surface area contributed by atoms with Crippen molar-refractivity contribution >= 4 is 0 Å². The first kappa shape index (κ1) is 10.0. The highest BCUT2D eigenvalue weighted by Gasteiger charge is 2.22. The Kier molecular flexibility index (Phi) is 3.53. The molecule has 0 amide bonds. The van der Waals surface area contributed by atoms with Crippen LogP contribution < -0.4 is 5.32 Å². The Morgan fingerprint density at radius 1 is 1.42 bits per heavy atom. The van der Waals surface area contributed by atoms with Crippen LogP contribution in [0.25, 0.3) is 0 Å². The molecule has 1 aliphatic rings. The van der Waals surface area contributed by atoms with Gasteiger partial charge in [0.1, 0.15) is 0 Å². The van der Waals surface area contributed by atoms with Crippen LogP contribution in [0.3, 0.4) is 0 Å². The monoisotopic (exact) mass is 170 g/mol. The molecule has 2 atom stereocenters. The molecule has 1 saturated heterocycles. The Bertz CT molecular complexity index is 132. The molecule has 0 aromatic rings. The molecule has 0 saturated carbocycles. The van der Waals surface area contributed by atoms with E-state index in [1.54, 1.807) is 0 Å². The number of nitrogens with zero attached hydrogens (tertiary/aromatic N) is 1. The number of rotatable bonds is 2. The highest BCUT2D eigenvalue weighted by Crippen LogP contribution is 2.08. The number of hydrogen-bond acceptors (Lipinski definition) is 2. The first-order valence-electron chi connectivity index (χ1n) is 5.07. The molecule has 0 bridgehead atoms. The van der Waals surface area contributed by atoms with Crippen LogP contribution in [0.5, 0.6) is 0 Å². The van der Waals surface area contributed by atoms with Crippen LogP contribution in [-0.2, 0) is 0 Å². The topological polar surface area (TPSA) is 15.3 Å². The highest BCUT2D eigenvalue weighted by molar-refractivity contribution is 4.81. The summed E-state index contributed by atoms with van der Waals surface area (Å²) in [5, 5.41) is 3.49. The Morgan fingerprint density at radius 2 is 2.08 bits per heavy atom. The van der Waals surface area contributed by atoms with Gasteiger partial charge < -0.3 is 5.32 Å². The van der Waals surface area contributed by atoms with Gasteiger partial charge in [0.25, 0.3) is 0 Å². The van der Waals surface area contributed by atoms with Gasteiger partial charge in [-0.1, -0.05) is 13.8 Å². The number of hydrogen-bond donors (Lipinski definition) is 1. The molecule has 0 radical (unpaired) electrons. The molecule has 0 aromatic heterocycles. The normalized spacial score (nSPS) is 32.8. The second-order valence-electron chi connectivity index (χ2n) is 4.51. The summed E-state index contributed by atoms with van der Waals surface area (Å²) in [5.74, 6) is 0.790. The third kappa shape index (κ3) is 2.76. The first-order valence-corrected chi connectivity index (χ1v) is 5.07. The largest absolute Gasteiger partial charge is 0.311 e. The Hall–Kier alpha value is -0.0800. The van der Waals surface area contributed by atoms with Crippen LogP contribution in [0, 0.1) is 5.92 Å². The van der Waals surface area contributed by atoms with Crippen molar-refractivity contribution in [3.8, 4) is 0 Å². The summed E-state index contributed by atoms with van der Waals surface area (Å²) in [6.45, 7) is 12.7. The Balaban J connectivity index is 2.38. The maximum Gasteiger partial charge on any atom is 0.0193 e. The van der Waals surface area contributed by atoms with E-state index in [-0.39, 0.29) is 0 Å².